The topological polar surface area (TPSA) is 99.4 Å². The van der Waals surface area contributed by atoms with Crippen LogP contribution in [-0.2, 0) is 16.1 Å². The van der Waals surface area contributed by atoms with Gasteiger partial charge in [0.1, 0.15) is 17.6 Å². The summed E-state index contributed by atoms with van der Waals surface area (Å²) >= 11 is 0. The molecule has 24 heavy (non-hydrogen) atoms. The Kier molecular flexibility index (Phi) is 5.17. The number of nitrogens with zero attached hydrogens (tertiary/aromatic N) is 3. The summed E-state index contributed by atoms with van der Waals surface area (Å²) in [6.45, 7) is 5.10. The summed E-state index contributed by atoms with van der Waals surface area (Å²) in [5, 5.41) is 6.87. The molecule has 1 fully saturated rings. The molecule has 0 aromatic carbocycles. The minimum atomic E-state index is -0.263. The molecule has 1 N–H and O–H groups in total. The summed E-state index contributed by atoms with van der Waals surface area (Å²) in [7, 11) is 0. The van der Waals surface area contributed by atoms with E-state index in [2.05, 4.69) is 20.4 Å². The molecule has 0 aliphatic carbocycles. The van der Waals surface area contributed by atoms with Crippen LogP contribution >= 0.6 is 0 Å². The highest BCUT2D eigenvalue weighted by Gasteiger charge is 2.29. The Bertz CT molecular complexity index is 669. The quantitative estimate of drug-likeness (QED) is 0.877. The molecule has 1 aliphatic rings. The third kappa shape index (κ3) is 3.77. The van der Waals surface area contributed by atoms with Crippen molar-refractivity contribution in [3.63, 3.8) is 0 Å². The van der Waals surface area contributed by atoms with Crippen LogP contribution < -0.4 is 5.32 Å². The number of carbonyl (C=O) groups excluding carboxylic acids is 1. The molecule has 1 amide bonds. The van der Waals surface area contributed by atoms with Gasteiger partial charge in [-0.25, -0.2) is 4.98 Å². The third-order valence-electron chi connectivity index (χ3n) is 4.04. The first-order chi connectivity index (χ1) is 11.6. The van der Waals surface area contributed by atoms with E-state index >= 15 is 0 Å². The standard InChI is InChI=1S/C16H20N4O4/c1-10-12(11(2)24-20-10)8-23-15-9-22-6-3-13(15)19-16(21)14-7-17-4-5-18-14/h4-5,7,13,15H,3,6,8-9H2,1-2H3,(H,19,21)/t13-,15-/m1/s1. The molecule has 0 unspecified atom stereocenters. The van der Waals surface area contributed by atoms with Crippen LogP contribution in [0.2, 0.25) is 0 Å². The molecule has 8 nitrogen and oxygen atoms in total. The van der Waals surface area contributed by atoms with Gasteiger partial charge >= 0.3 is 0 Å². The zero-order valence-corrected chi connectivity index (χ0v) is 13.7. The second-order valence-corrected chi connectivity index (χ2v) is 5.69. The van der Waals surface area contributed by atoms with E-state index in [1.165, 1.54) is 18.6 Å². The van der Waals surface area contributed by atoms with E-state index in [4.69, 9.17) is 14.0 Å². The first-order valence-electron chi connectivity index (χ1n) is 7.83. The molecule has 1 aliphatic heterocycles. The Balaban J connectivity index is 1.62. The smallest absolute Gasteiger partial charge is 0.271 e. The lowest BCUT2D eigenvalue weighted by molar-refractivity contribution is -0.0739. The van der Waals surface area contributed by atoms with Crippen molar-refractivity contribution >= 4 is 5.91 Å². The fourth-order valence-electron chi connectivity index (χ4n) is 2.60. The molecule has 0 spiro atoms. The van der Waals surface area contributed by atoms with Crippen LogP contribution in [0.25, 0.3) is 0 Å². The molecule has 2 aromatic rings. The van der Waals surface area contributed by atoms with Crippen LogP contribution in [0.1, 0.15) is 33.9 Å². The van der Waals surface area contributed by atoms with E-state index in [-0.39, 0.29) is 23.7 Å². The number of aromatic nitrogens is 3. The summed E-state index contributed by atoms with van der Waals surface area (Å²) in [5.41, 5.74) is 2.03. The van der Waals surface area contributed by atoms with Crippen LogP contribution in [0.5, 0.6) is 0 Å². The molecular formula is C16H20N4O4. The van der Waals surface area contributed by atoms with Crippen molar-refractivity contribution in [3.8, 4) is 0 Å². The van der Waals surface area contributed by atoms with Gasteiger partial charge in [-0.3, -0.25) is 9.78 Å². The fraction of sp³-hybridized carbons (Fsp3) is 0.500. The summed E-state index contributed by atoms with van der Waals surface area (Å²) in [5.74, 6) is 0.477. The maximum Gasteiger partial charge on any atom is 0.271 e. The van der Waals surface area contributed by atoms with Crippen molar-refractivity contribution in [2.45, 2.75) is 39.0 Å². The maximum atomic E-state index is 12.3. The number of ether oxygens (including phenoxy) is 2. The lowest BCUT2D eigenvalue weighted by Gasteiger charge is -2.32. The summed E-state index contributed by atoms with van der Waals surface area (Å²) in [6.07, 6.45) is 4.89. The zero-order valence-electron chi connectivity index (χ0n) is 13.7. The highest BCUT2D eigenvalue weighted by atomic mass is 16.5. The molecule has 1 saturated heterocycles. The molecule has 3 rings (SSSR count). The Morgan fingerprint density at radius 1 is 1.42 bits per heavy atom. The van der Waals surface area contributed by atoms with Crippen LogP contribution in [-0.4, -0.2) is 46.4 Å². The van der Waals surface area contributed by atoms with Gasteiger partial charge < -0.3 is 19.3 Å². The van der Waals surface area contributed by atoms with Crippen LogP contribution in [0, 0.1) is 13.8 Å². The van der Waals surface area contributed by atoms with Gasteiger partial charge in [-0.15, -0.1) is 0 Å². The van der Waals surface area contributed by atoms with Gasteiger partial charge in [0.25, 0.3) is 5.91 Å². The van der Waals surface area contributed by atoms with E-state index in [1.807, 2.05) is 13.8 Å². The normalized spacial score (nSPS) is 20.8. The number of hydrogen-bond donors (Lipinski definition) is 1. The molecule has 3 heterocycles. The van der Waals surface area contributed by atoms with E-state index in [1.54, 1.807) is 0 Å². The van der Waals surface area contributed by atoms with E-state index < -0.39 is 0 Å². The van der Waals surface area contributed by atoms with Gasteiger partial charge in [0, 0.05) is 24.6 Å². The minimum absolute atomic E-state index is 0.145. The monoisotopic (exact) mass is 332 g/mol. The molecule has 8 heteroatoms. The molecular weight excluding hydrogens is 312 g/mol. The lowest BCUT2D eigenvalue weighted by Crippen LogP contribution is -2.50. The van der Waals surface area contributed by atoms with Crippen molar-refractivity contribution in [1.29, 1.82) is 0 Å². The van der Waals surface area contributed by atoms with Gasteiger partial charge in [-0.2, -0.15) is 0 Å². The minimum Gasteiger partial charge on any atom is -0.379 e. The van der Waals surface area contributed by atoms with Crippen LogP contribution in [0.4, 0.5) is 0 Å². The van der Waals surface area contributed by atoms with Crippen LogP contribution in [0.3, 0.4) is 0 Å². The van der Waals surface area contributed by atoms with Gasteiger partial charge in [0.05, 0.1) is 31.1 Å². The van der Waals surface area contributed by atoms with Gasteiger partial charge in [0.15, 0.2) is 0 Å². The number of aryl methyl sites for hydroxylation is 2. The SMILES string of the molecule is Cc1noc(C)c1CO[C@@H]1COCC[C@H]1NC(=O)c1cnccn1. The van der Waals surface area contributed by atoms with Gasteiger partial charge in [0.2, 0.25) is 0 Å². The third-order valence-corrected chi connectivity index (χ3v) is 4.04. The molecule has 0 saturated carbocycles. The number of rotatable bonds is 5. The van der Waals surface area contributed by atoms with Crippen molar-refractivity contribution in [2.75, 3.05) is 13.2 Å². The summed E-state index contributed by atoms with van der Waals surface area (Å²) < 4.78 is 16.6. The average molecular weight is 332 g/mol. The summed E-state index contributed by atoms with van der Waals surface area (Å²) in [4.78, 5) is 20.2. The second kappa shape index (κ2) is 7.50. The second-order valence-electron chi connectivity index (χ2n) is 5.69. The molecule has 2 atom stereocenters. The fourth-order valence-corrected chi connectivity index (χ4v) is 2.60. The predicted molar refractivity (Wildman–Crippen MR) is 83.3 cm³/mol. The first kappa shape index (κ1) is 16.5. The number of hydrogen-bond acceptors (Lipinski definition) is 7. The Morgan fingerprint density at radius 2 is 2.29 bits per heavy atom. The first-order valence-corrected chi connectivity index (χ1v) is 7.83. The largest absolute Gasteiger partial charge is 0.379 e. The van der Waals surface area contributed by atoms with Gasteiger partial charge in [-0.1, -0.05) is 5.16 Å². The van der Waals surface area contributed by atoms with Crippen molar-refractivity contribution < 1.29 is 18.8 Å². The van der Waals surface area contributed by atoms with Crippen molar-refractivity contribution in [3.05, 3.63) is 41.3 Å². The highest BCUT2D eigenvalue weighted by Crippen LogP contribution is 2.18. The molecule has 0 radical (unpaired) electrons. The van der Waals surface area contributed by atoms with E-state index in [0.717, 1.165) is 17.0 Å². The van der Waals surface area contributed by atoms with E-state index in [9.17, 15) is 4.79 Å². The Morgan fingerprint density at radius 3 is 3.00 bits per heavy atom. The van der Waals surface area contributed by atoms with E-state index in [0.29, 0.717) is 26.2 Å². The number of nitrogens with one attached hydrogen (secondary N) is 1. The van der Waals surface area contributed by atoms with Crippen molar-refractivity contribution in [1.82, 2.24) is 20.4 Å². The molecule has 2 aromatic heterocycles. The van der Waals surface area contributed by atoms with Crippen molar-refractivity contribution in [2.24, 2.45) is 0 Å². The number of amides is 1. The lowest BCUT2D eigenvalue weighted by atomic mass is 10.1. The van der Waals surface area contributed by atoms with Gasteiger partial charge in [-0.05, 0) is 20.3 Å². The maximum absolute atomic E-state index is 12.3. The Hall–Kier alpha value is -2.32. The predicted octanol–water partition coefficient (Wildman–Crippen LogP) is 1.19. The summed E-state index contributed by atoms with van der Waals surface area (Å²) in [6, 6.07) is -0.145. The Labute approximate surface area is 139 Å². The molecule has 0 bridgehead atoms. The highest BCUT2D eigenvalue weighted by molar-refractivity contribution is 5.92. The molecule has 128 valence electrons. The zero-order chi connectivity index (χ0) is 16.9. The number of carbonyl (C=O) groups is 1. The average Bonchev–Trinajstić information content (AvgIpc) is 2.93. The van der Waals surface area contributed by atoms with Crippen LogP contribution in [0.15, 0.2) is 23.1 Å².